The molecule has 0 aliphatic rings. The average molecular weight is 126 g/mol. The minimum absolute atomic E-state index is 0.433. The van der Waals surface area contributed by atoms with E-state index in [0.717, 1.165) is 6.42 Å². The zero-order valence-corrected chi connectivity index (χ0v) is 6.33. The highest BCUT2D eigenvalue weighted by Crippen LogP contribution is 1.91. The minimum atomic E-state index is 0.433. The lowest BCUT2D eigenvalue weighted by atomic mass is 10.3. The van der Waals surface area contributed by atoms with Crippen LogP contribution in [0.3, 0.4) is 0 Å². The maximum Gasteiger partial charge on any atom is 0.0469 e. The summed E-state index contributed by atoms with van der Waals surface area (Å²) in [5, 5.41) is 0. The van der Waals surface area contributed by atoms with E-state index in [-0.39, 0.29) is 0 Å². The highest BCUT2D eigenvalue weighted by Gasteiger charge is 1.87. The Labute approximate surface area is 56.7 Å². The van der Waals surface area contributed by atoms with Gasteiger partial charge in [0.15, 0.2) is 0 Å². The molecule has 0 aromatic carbocycles. The van der Waals surface area contributed by atoms with Crippen LogP contribution in [0.4, 0.5) is 0 Å². The van der Waals surface area contributed by atoms with Crippen LogP contribution < -0.4 is 0 Å². The molecular weight excluding hydrogens is 112 g/mol. The Morgan fingerprint density at radius 1 is 1.44 bits per heavy atom. The molecule has 0 aliphatic heterocycles. The minimum Gasteiger partial charge on any atom is -0.295 e. The summed E-state index contributed by atoms with van der Waals surface area (Å²) in [5.41, 5.74) is 0. The molecule has 0 rings (SSSR count). The SMILES string of the molecule is CCC(C)/N=C\C=N/C. The quantitative estimate of drug-likeness (QED) is 0.513. The van der Waals surface area contributed by atoms with E-state index in [1.807, 2.05) is 0 Å². The van der Waals surface area contributed by atoms with Gasteiger partial charge in [-0.05, 0) is 13.3 Å². The summed E-state index contributed by atoms with van der Waals surface area (Å²) < 4.78 is 0. The maximum absolute atomic E-state index is 4.16. The fraction of sp³-hybridized carbons (Fsp3) is 0.714. The van der Waals surface area contributed by atoms with Crippen molar-refractivity contribution < 1.29 is 0 Å². The van der Waals surface area contributed by atoms with Crippen molar-refractivity contribution in [3.05, 3.63) is 0 Å². The first kappa shape index (κ1) is 8.34. The van der Waals surface area contributed by atoms with Gasteiger partial charge in [0.2, 0.25) is 0 Å². The lowest BCUT2D eigenvalue weighted by Crippen LogP contribution is -1.94. The molecule has 0 aromatic heterocycles. The Kier molecular flexibility index (Phi) is 5.07. The van der Waals surface area contributed by atoms with Gasteiger partial charge in [-0.25, -0.2) is 0 Å². The van der Waals surface area contributed by atoms with Gasteiger partial charge in [0.05, 0.1) is 0 Å². The molecule has 0 amide bonds. The summed E-state index contributed by atoms with van der Waals surface area (Å²) in [6.45, 7) is 4.20. The molecular formula is C7H14N2. The van der Waals surface area contributed by atoms with Crippen LogP contribution in [0.15, 0.2) is 9.98 Å². The fourth-order valence-electron chi connectivity index (χ4n) is 0.357. The van der Waals surface area contributed by atoms with Crippen LogP contribution in [-0.4, -0.2) is 25.5 Å². The normalized spacial score (nSPS) is 15.4. The van der Waals surface area contributed by atoms with Gasteiger partial charge in [0, 0.05) is 25.5 Å². The van der Waals surface area contributed by atoms with Crippen molar-refractivity contribution in [1.29, 1.82) is 0 Å². The van der Waals surface area contributed by atoms with E-state index in [4.69, 9.17) is 0 Å². The van der Waals surface area contributed by atoms with Crippen molar-refractivity contribution in [2.75, 3.05) is 7.05 Å². The molecule has 0 aliphatic carbocycles. The molecule has 1 unspecified atom stereocenters. The predicted molar refractivity (Wildman–Crippen MR) is 42.7 cm³/mol. The third kappa shape index (κ3) is 5.21. The Hall–Kier alpha value is -0.660. The third-order valence-electron chi connectivity index (χ3n) is 1.15. The molecule has 2 heteroatoms. The molecule has 2 nitrogen and oxygen atoms in total. The highest BCUT2D eigenvalue weighted by atomic mass is 14.8. The van der Waals surface area contributed by atoms with Gasteiger partial charge in [0.1, 0.15) is 0 Å². The van der Waals surface area contributed by atoms with Crippen molar-refractivity contribution in [2.24, 2.45) is 9.98 Å². The first-order chi connectivity index (χ1) is 4.31. The van der Waals surface area contributed by atoms with Crippen molar-refractivity contribution in [2.45, 2.75) is 26.3 Å². The maximum atomic E-state index is 4.16. The first-order valence-corrected chi connectivity index (χ1v) is 3.25. The molecule has 0 aromatic rings. The van der Waals surface area contributed by atoms with Crippen LogP contribution in [0.25, 0.3) is 0 Å². The Morgan fingerprint density at radius 3 is 2.56 bits per heavy atom. The molecule has 0 spiro atoms. The van der Waals surface area contributed by atoms with Crippen LogP contribution in [0, 0.1) is 0 Å². The largest absolute Gasteiger partial charge is 0.295 e. The second-order valence-electron chi connectivity index (χ2n) is 1.96. The summed E-state index contributed by atoms with van der Waals surface area (Å²) in [6, 6.07) is 0.433. The first-order valence-electron chi connectivity index (χ1n) is 3.25. The van der Waals surface area contributed by atoms with Gasteiger partial charge in [-0.3, -0.25) is 9.98 Å². The second kappa shape index (κ2) is 5.48. The average Bonchev–Trinajstić information content (AvgIpc) is 1.89. The second-order valence-corrected chi connectivity index (χ2v) is 1.96. The van der Waals surface area contributed by atoms with Crippen molar-refractivity contribution in [3.8, 4) is 0 Å². The summed E-state index contributed by atoms with van der Waals surface area (Å²) in [4.78, 5) is 7.93. The summed E-state index contributed by atoms with van der Waals surface area (Å²) in [7, 11) is 1.74. The molecule has 52 valence electrons. The van der Waals surface area contributed by atoms with Crippen LogP contribution >= 0.6 is 0 Å². The van der Waals surface area contributed by atoms with Crippen LogP contribution in [0.1, 0.15) is 20.3 Å². The molecule has 0 saturated carbocycles. The number of nitrogens with zero attached hydrogens (tertiary/aromatic N) is 2. The lowest BCUT2D eigenvalue weighted by molar-refractivity contribution is 0.721. The van der Waals surface area contributed by atoms with Crippen LogP contribution in [-0.2, 0) is 0 Å². The van der Waals surface area contributed by atoms with Crippen LogP contribution in [0.5, 0.6) is 0 Å². The Bertz CT molecular complexity index is 105. The third-order valence-corrected chi connectivity index (χ3v) is 1.15. The van der Waals surface area contributed by atoms with Gasteiger partial charge in [0.25, 0.3) is 0 Å². The van der Waals surface area contributed by atoms with E-state index >= 15 is 0 Å². The van der Waals surface area contributed by atoms with Gasteiger partial charge in [-0.15, -0.1) is 0 Å². The molecule has 0 saturated heterocycles. The van der Waals surface area contributed by atoms with Crippen molar-refractivity contribution in [1.82, 2.24) is 0 Å². The molecule has 0 fully saturated rings. The zero-order chi connectivity index (χ0) is 7.11. The summed E-state index contributed by atoms with van der Waals surface area (Å²) >= 11 is 0. The number of rotatable bonds is 3. The molecule has 0 N–H and O–H groups in total. The van der Waals surface area contributed by atoms with E-state index in [1.54, 1.807) is 19.5 Å². The molecule has 1 atom stereocenters. The van der Waals surface area contributed by atoms with Gasteiger partial charge in [-0.1, -0.05) is 6.92 Å². The van der Waals surface area contributed by atoms with Gasteiger partial charge in [-0.2, -0.15) is 0 Å². The van der Waals surface area contributed by atoms with E-state index in [0.29, 0.717) is 6.04 Å². The highest BCUT2D eigenvalue weighted by molar-refractivity contribution is 6.15. The topological polar surface area (TPSA) is 24.7 Å². The standard InChI is InChI=1S/C7H14N2/c1-4-7(2)9-6-5-8-3/h5-7H,4H2,1-3H3/b8-5-,9-6-. The Morgan fingerprint density at radius 2 is 2.11 bits per heavy atom. The number of hydrogen-bond acceptors (Lipinski definition) is 2. The van der Waals surface area contributed by atoms with Crippen LogP contribution in [0.2, 0.25) is 0 Å². The Balaban J connectivity index is 3.43. The monoisotopic (exact) mass is 126 g/mol. The molecule has 0 bridgehead atoms. The molecule has 0 heterocycles. The van der Waals surface area contributed by atoms with E-state index in [2.05, 4.69) is 23.8 Å². The zero-order valence-electron chi connectivity index (χ0n) is 6.33. The van der Waals surface area contributed by atoms with E-state index < -0.39 is 0 Å². The summed E-state index contributed by atoms with van der Waals surface area (Å²) in [6.07, 6.45) is 4.54. The predicted octanol–water partition coefficient (Wildman–Crippen LogP) is 1.56. The summed E-state index contributed by atoms with van der Waals surface area (Å²) in [5.74, 6) is 0. The van der Waals surface area contributed by atoms with Crippen molar-refractivity contribution in [3.63, 3.8) is 0 Å². The van der Waals surface area contributed by atoms with Crippen molar-refractivity contribution >= 4 is 12.4 Å². The van der Waals surface area contributed by atoms with E-state index in [9.17, 15) is 0 Å². The van der Waals surface area contributed by atoms with Gasteiger partial charge < -0.3 is 0 Å². The number of hydrogen-bond donors (Lipinski definition) is 0. The van der Waals surface area contributed by atoms with E-state index in [1.165, 1.54) is 0 Å². The molecule has 9 heavy (non-hydrogen) atoms. The lowest BCUT2D eigenvalue weighted by Gasteiger charge is -1.96. The molecule has 0 radical (unpaired) electrons. The van der Waals surface area contributed by atoms with Gasteiger partial charge >= 0.3 is 0 Å². The smallest absolute Gasteiger partial charge is 0.0469 e. The fourth-order valence-corrected chi connectivity index (χ4v) is 0.357. The number of aliphatic imine (C=N–C) groups is 2.